The standard InChI is InChI=1S/C15H24N2/c1-15(2,3)14-6-4-13(5-7-14)12-17-10-8-16-9-11-17/h4-7,16H,8-12H2,1-3H3/p+2. The van der Waals surface area contributed by atoms with Crippen LogP contribution in [0.2, 0.25) is 0 Å². The topological polar surface area (TPSA) is 21.1 Å². The first kappa shape index (κ1) is 12.6. The molecule has 0 bridgehead atoms. The molecule has 0 spiro atoms. The molecule has 1 fully saturated rings. The van der Waals surface area contributed by atoms with Crippen molar-refractivity contribution >= 4 is 0 Å². The van der Waals surface area contributed by atoms with Crippen LogP contribution in [0.15, 0.2) is 24.3 Å². The Morgan fingerprint density at radius 2 is 1.65 bits per heavy atom. The van der Waals surface area contributed by atoms with Gasteiger partial charge in [-0.2, -0.15) is 0 Å². The second-order valence-electron chi connectivity index (χ2n) is 6.24. The number of hydrogen-bond donors (Lipinski definition) is 2. The zero-order chi connectivity index (χ0) is 12.3. The van der Waals surface area contributed by atoms with Crippen molar-refractivity contribution in [3.8, 4) is 0 Å². The van der Waals surface area contributed by atoms with E-state index in [1.54, 1.807) is 4.90 Å². The van der Waals surface area contributed by atoms with Gasteiger partial charge in [0.25, 0.3) is 0 Å². The Balaban J connectivity index is 1.98. The predicted octanol–water partition coefficient (Wildman–Crippen LogP) is -0.0540. The first-order valence-corrected chi connectivity index (χ1v) is 6.80. The molecule has 0 saturated carbocycles. The van der Waals surface area contributed by atoms with Crippen molar-refractivity contribution in [2.45, 2.75) is 32.7 Å². The summed E-state index contributed by atoms with van der Waals surface area (Å²) in [6.45, 7) is 13.2. The third-order valence-corrected chi connectivity index (χ3v) is 3.68. The molecule has 94 valence electrons. The normalized spacial score (nSPS) is 18.3. The lowest BCUT2D eigenvalue weighted by atomic mass is 9.87. The smallest absolute Gasteiger partial charge is 0.127 e. The number of piperazine rings is 1. The molecular weight excluding hydrogens is 208 g/mol. The minimum atomic E-state index is 0.269. The molecule has 1 aliphatic heterocycles. The van der Waals surface area contributed by atoms with Gasteiger partial charge in [-0.3, -0.25) is 0 Å². The maximum absolute atomic E-state index is 2.42. The maximum atomic E-state index is 2.42. The minimum absolute atomic E-state index is 0.269. The van der Waals surface area contributed by atoms with Crippen LogP contribution in [0.1, 0.15) is 31.9 Å². The van der Waals surface area contributed by atoms with E-state index in [0.717, 1.165) is 0 Å². The van der Waals surface area contributed by atoms with Gasteiger partial charge in [0.1, 0.15) is 32.7 Å². The third kappa shape index (κ3) is 3.55. The summed E-state index contributed by atoms with van der Waals surface area (Å²) >= 11 is 0. The molecule has 1 saturated heterocycles. The van der Waals surface area contributed by atoms with Crippen molar-refractivity contribution in [2.24, 2.45) is 0 Å². The summed E-state index contributed by atoms with van der Waals surface area (Å²) in [4.78, 5) is 1.73. The van der Waals surface area contributed by atoms with Gasteiger partial charge in [-0.1, -0.05) is 45.0 Å². The molecule has 0 aliphatic carbocycles. The molecule has 0 unspecified atom stereocenters. The summed E-state index contributed by atoms with van der Waals surface area (Å²) in [5.41, 5.74) is 3.18. The quantitative estimate of drug-likeness (QED) is 0.716. The van der Waals surface area contributed by atoms with Crippen LogP contribution in [-0.4, -0.2) is 26.2 Å². The van der Waals surface area contributed by atoms with Crippen LogP contribution in [0.25, 0.3) is 0 Å². The highest BCUT2D eigenvalue weighted by atomic mass is 15.2. The molecule has 0 atom stereocenters. The van der Waals surface area contributed by atoms with Crippen molar-refractivity contribution in [3.63, 3.8) is 0 Å². The molecule has 0 aromatic heterocycles. The second-order valence-corrected chi connectivity index (χ2v) is 6.24. The average Bonchev–Trinajstić information content (AvgIpc) is 2.30. The zero-order valence-electron chi connectivity index (χ0n) is 11.4. The van der Waals surface area contributed by atoms with E-state index in [2.05, 4.69) is 50.4 Å². The highest BCUT2D eigenvalue weighted by Gasteiger charge is 2.17. The van der Waals surface area contributed by atoms with Gasteiger partial charge in [0.15, 0.2) is 0 Å². The highest BCUT2D eigenvalue weighted by molar-refractivity contribution is 5.27. The van der Waals surface area contributed by atoms with E-state index in [4.69, 9.17) is 0 Å². The van der Waals surface area contributed by atoms with E-state index in [1.807, 2.05) is 0 Å². The molecule has 1 aromatic rings. The van der Waals surface area contributed by atoms with Crippen molar-refractivity contribution in [1.82, 2.24) is 0 Å². The summed E-state index contributed by atoms with van der Waals surface area (Å²) in [5, 5.41) is 2.42. The molecular formula is C15H26N2+2. The highest BCUT2D eigenvalue weighted by Crippen LogP contribution is 2.21. The predicted molar refractivity (Wildman–Crippen MR) is 71.2 cm³/mol. The Kier molecular flexibility index (Phi) is 3.85. The van der Waals surface area contributed by atoms with E-state index in [-0.39, 0.29) is 5.41 Å². The third-order valence-electron chi connectivity index (χ3n) is 3.68. The first-order chi connectivity index (χ1) is 8.05. The molecule has 1 heterocycles. The van der Waals surface area contributed by atoms with Crippen LogP contribution < -0.4 is 10.2 Å². The molecule has 3 N–H and O–H groups in total. The molecule has 1 aliphatic rings. The zero-order valence-corrected chi connectivity index (χ0v) is 11.4. The Hall–Kier alpha value is -0.860. The summed E-state index contributed by atoms with van der Waals surface area (Å²) in [7, 11) is 0. The fourth-order valence-corrected chi connectivity index (χ4v) is 2.47. The lowest BCUT2D eigenvalue weighted by molar-refractivity contribution is -0.958. The van der Waals surface area contributed by atoms with E-state index >= 15 is 0 Å². The summed E-state index contributed by atoms with van der Waals surface area (Å²) in [5.74, 6) is 0. The van der Waals surface area contributed by atoms with E-state index < -0.39 is 0 Å². The van der Waals surface area contributed by atoms with Crippen molar-refractivity contribution < 1.29 is 10.2 Å². The molecule has 17 heavy (non-hydrogen) atoms. The Labute approximate surface area is 105 Å². The van der Waals surface area contributed by atoms with Gasteiger partial charge < -0.3 is 10.2 Å². The van der Waals surface area contributed by atoms with Crippen LogP contribution >= 0.6 is 0 Å². The van der Waals surface area contributed by atoms with E-state index in [1.165, 1.54) is 43.9 Å². The molecule has 1 aromatic carbocycles. The van der Waals surface area contributed by atoms with Crippen molar-refractivity contribution in [2.75, 3.05) is 26.2 Å². The molecule has 2 nitrogen and oxygen atoms in total. The average molecular weight is 234 g/mol. The number of quaternary nitrogens is 2. The Bertz CT molecular complexity index is 342. The van der Waals surface area contributed by atoms with Crippen LogP contribution in [0.4, 0.5) is 0 Å². The van der Waals surface area contributed by atoms with Crippen LogP contribution in [-0.2, 0) is 12.0 Å². The minimum Gasteiger partial charge on any atom is -0.337 e. The van der Waals surface area contributed by atoms with Gasteiger partial charge in [-0.05, 0) is 11.0 Å². The number of rotatable bonds is 2. The lowest BCUT2D eigenvalue weighted by Gasteiger charge is -2.23. The second kappa shape index (κ2) is 5.19. The van der Waals surface area contributed by atoms with Crippen LogP contribution in [0.3, 0.4) is 0 Å². The van der Waals surface area contributed by atoms with E-state index in [9.17, 15) is 0 Å². The van der Waals surface area contributed by atoms with Crippen LogP contribution in [0, 0.1) is 0 Å². The first-order valence-electron chi connectivity index (χ1n) is 6.80. The number of nitrogens with two attached hydrogens (primary N) is 1. The van der Waals surface area contributed by atoms with Crippen molar-refractivity contribution in [1.29, 1.82) is 0 Å². The number of benzene rings is 1. The lowest BCUT2D eigenvalue weighted by Crippen LogP contribution is -3.19. The molecule has 0 radical (unpaired) electrons. The van der Waals surface area contributed by atoms with Gasteiger partial charge in [-0.15, -0.1) is 0 Å². The largest absolute Gasteiger partial charge is 0.337 e. The number of nitrogens with one attached hydrogen (secondary N) is 1. The van der Waals surface area contributed by atoms with Gasteiger partial charge in [-0.25, -0.2) is 0 Å². The van der Waals surface area contributed by atoms with Gasteiger partial charge in [0.05, 0.1) is 0 Å². The molecule has 0 amide bonds. The summed E-state index contributed by atoms with van der Waals surface area (Å²) < 4.78 is 0. The van der Waals surface area contributed by atoms with Gasteiger partial charge in [0, 0.05) is 5.56 Å². The fraction of sp³-hybridized carbons (Fsp3) is 0.600. The Morgan fingerprint density at radius 3 is 2.18 bits per heavy atom. The SMILES string of the molecule is CC(C)(C)c1ccc(C[NH+]2CC[NH2+]CC2)cc1. The Morgan fingerprint density at radius 1 is 1.06 bits per heavy atom. The fourth-order valence-electron chi connectivity index (χ4n) is 2.47. The molecule has 2 rings (SSSR count). The summed E-state index contributed by atoms with van der Waals surface area (Å²) in [6, 6.07) is 9.22. The number of hydrogen-bond acceptors (Lipinski definition) is 0. The van der Waals surface area contributed by atoms with Gasteiger partial charge >= 0.3 is 0 Å². The van der Waals surface area contributed by atoms with Gasteiger partial charge in [0.2, 0.25) is 0 Å². The van der Waals surface area contributed by atoms with Crippen LogP contribution in [0.5, 0.6) is 0 Å². The maximum Gasteiger partial charge on any atom is 0.127 e. The summed E-state index contributed by atoms with van der Waals surface area (Å²) in [6.07, 6.45) is 0. The molecule has 2 heteroatoms. The monoisotopic (exact) mass is 234 g/mol. The van der Waals surface area contributed by atoms with Crippen molar-refractivity contribution in [3.05, 3.63) is 35.4 Å². The van der Waals surface area contributed by atoms with E-state index in [0.29, 0.717) is 0 Å².